The molecule has 0 aliphatic carbocycles. The van der Waals surface area contributed by atoms with Gasteiger partial charge >= 0.3 is 22.9 Å². The third-order valence-corrected chi connectivity index (χ3v) is 16.6. The summed E-state index contributed by atoms with van der Waals surface area (Å²) in [5, 5.41) is 5.32. The van der Waals surface area contributed by atoms with E-state index in [1.807, 2.05) is 182 Å². The van der Waals surface area contributed by atoms with Crippen molar-refractivity contribution < 1.29 is 22.6 Å². The molecule has 1 aliphatic rings. The summed E-state index contributed by atoms with van der Waals surface area (Å²) in [7, 11) is -11.7. The third kappa shape index (κ3) is 7.75. The zero-order chi connectivity index (χ0) is 37.7. The van der Waals surface area contributed by atoms with Crippen LogP contribution in [0.3, 0.4) is 0 Å². The van der Waals surface area contributed by atoms with Gasteiger partial charge in [-0.25, -0.2) is 0 Å². The average Bonchev–Trinajstić information content (AvgIpc) is 3.22. The Bertz CT molecular complexity index is 2620. The van der Waals surface area contributed by atoms with Crippen molar-refractivity contribution >= 4 is 50.4 Å². The van der Waals surface area contributed by atoms with Crippen molar-refractivity contribution in [2.75, 3.05) is 5.09 Å². The molecule has 0 amide bonds. The molecule has 14 heteroatoms. The summed E-state index contributed by atoms with van der Waals surface area (Å²) >= 11 is 0. The predicted molar refractivity (Wildman–Crippen MR) is 224 cm³/mol. The lowest BCUT2D eigenvalue weighted by atomic mass is 10.1. The number of benzene rings is 6. The molecule has 1 N–H and O–H groups in total. The van der Waals surface area contributed by atoms with Crippen molar-refractivity contribution in [3.05, 3.63) is 194 Å². The number of nitrogens with one attached hydrogen (secondary N) is 1. The molecule has 0 radical (unpaired) electrons. The van der Waals surface area contributed by atoms with Crippen LogP contribution in [-0.2, 0) is 0 Å². The Kier molecular flexibility index (Phi) is 9.72. The minimum Gasteiger partial charge on any atom is -0.427 e. The SMILES string of the molecule is c1ccc(OP2(Nc3cc4cccnc4c4ncccc34)=NP(Oc3ccccc3)(Oc3ccccc3)=NP(Oc3ccccc3)(Oc3ccccc3)=N2)cc1. The van der Waals surface area contributed by atoms with Gasteiger partial charge in [-0.3, -0.25) is 9.97 Å². The molecule has 2 aromatic heterocycles. The summed E-state index contributed by atoms with van der Waals surface area (Å²) in [6, 6.07) is 56.2. The molecular weight excluding hydrogens is 761 g/mol. The van der Waals surface area contributed by atoms with Crippen LogP contribution in [-0.4, -0.2) is 9.97 Å². The molecule has 0 spiro atoms. The van der Waals surface area contributed by atoms with E-state index < -0.39 is 22.9 Å². The highest BCUT2D eigenvalue weighted by atomic mass is 31.3. The van der Waals surface area contributed by atoms with Crippen LogP contribution in [0.2, 0.25) is 0 Å². The van der Waals surface area contributed by atoms with E-state index in [-0.39, 0.29) is 0 Å². The summed E-state index contributed by atoms with van der Waals surface area (Å²) in [6.07, 6.45) is 3.50. The van der Waals surface area contributed by atoms with E-state index in [1.165, 1.54) is 0 Å². The van der Waals surface area contributed by atoms with Gasteiger partial charge in [-0.2, -0.15) is 0 Å². The quantitative estimate of drug-likeness (QED) is 0.0958. The van der Waals surface area contributed by atoms with Gasteiger partial charge in [-0.15, -0.1) is 9.03 Å². The fourth-order valence-electron chi connectivity index (χ4n) is 5.92. The van der Waals surface area contributed by atoms with Crippen LogP contribution < -0.4 is 27.7 Å². The van der Waals surface area contributed by atoms with Gasteiger partial charge in [0.1, 0.15) is 28.7 Å². The number of nitrogens with zero attached hydrogens (tertiary/aromatic N) is 5. The van der Waals surface area contributed by atoms with Crippen LogP contribution >= 0.6 is 22.9 Å². The first-order chi connectivity index (χ1) is 27.6. The van der Waals surface area contributed by atoms with Crippen LogP contribution in [0.1, 0.15) is 0 Å². The largest absolute Gasteiger partial charge is 0.459 e. The van der Waals surface area contributed by atoms with Gasteiger partial charge in [0.15, 0.2) is 0 Å². The number of para-hydroxylation sites is 5. The molecule has 8 aromatic rings. The van der Waals surface area contributed by atoms with E-state index in [0.29, 0.717) is 40.0 Å². The van der Waals surface area contributed by atoms with Gasteiger partial charge in [-0.05, 0) is 84.9 Å². The van der Waals surface area contributed by atoms with E-state index in [4.69, 9.17) is 41.1 Å². The van der Waals surface area contributed by atoms with Gasteiger partial charge in [0.05, 0.1) is 16.7 Å². The van der Waals surface area contributed by atoms with Gasteiger partial charge in [-0.1, -0.05) is 102 Å². The molecule has 0 saturated carbocycles. The maximum Gasteiger partial charge on any atom is 0.459 e. The second-order valence-corrected chi connectivity index (χ2v) is 18.7. The number of aromatic nitrogens is 2. The van der Waals surface area contributed by atoms with Crippen molar-refractivity contribution in [1.29, 1.82) is 0 Å². The number of hydrogen-bond acceptors (Lipinski definition) is 11. The summed E-state index contributed by atoms with van der Waals surface area (Å²) in [5.74, 6) is 2.35. The molecule has 56 heavy (non-hydrogen) atoms. The van der Waals surface area contributed by atoms with Crippen molar-refractivity contribution in [2.45, 2.75) is 0 Å². The van der Waals surface area contributed by atoms with Crippen LogP contribution in [0.5, 0.6) is 28.7 Å². The number of anilines is 1. The van der Waals surface area contributed by atoms with E-state index in [2.05, 4.69) is 10.1 Å². The second kappa shape index (κ2) is 15.4. The molecule has 0 saturated heterocycles. The molecule has 276 valence electrons. The number of pyridine rings is 2. The summed E-state index contributed by atoms with van der Waals surface area (Å²) in [5.41, 5.74) is 2.08. The Balaban J connectivity index is 1.39. The molecule has 6 aromatic carbocycles. The smallest absolute Gasteiger partial charge is 0.427 e. The van der Waals surface area contributed by atoms with Gasteiger partial charge < -0.3 is 27.7 Å². The molecule has 1 aliphatic heterocycles. The van der Waals surface area contributed by atoms with Crippen molar-refractivity contribution in [3.8, 4) is 28.7 Å². The summed E-state index contributed by atoms with van der Waals surface area (Å²) in [4.78, 5) is 9.43. The molecular formula is C42H33N6O5P3. The first-order valence-electron chi connectivity index (χ1n) is 17.6. The zero-order valence-electron chi connectivity index (χ0n) is 29.6. The average molecular weight is 795 g/mol. The predicted octanol–water partition coefficient (Wildman–Crippen LogP) is 13.4. The number of fused-ring (bicyclic) bond motifs is 3. The lowest BCUT2D eigenvalue weighted by Crippen LogP contribution is -2.12. The van der Waals surface area contributed by atoms with Crippen molar-refractivity contribution in [1.82, 2.24) is 9.97 Å². The Morgan fingerprint density at radius 2 is 0.786 bits per heavy atom. The molecule has 9 rings (SSSR count). The van der Waals surface area contributed by atoms with E-state index in [1.54, 1.807) is 12.4 Å². The highest BCUT2D eigenvalue weighted by Gasteiger charge is 2.47. The monoisotopic (exact) mass is 794 g/mol. The van der Waals surface area contributed by atoms with Gasteiger partial charge in [0.2, 0.25) is 0 Å². The Labute approximate surface area is 323 Å². The molecule has 11 nitrogen and oxygen atoms in total. The summed E-state index contributed by atoms with van der Waals surface area (Å²) < 4.78 is 50.9. The second-order valence-electron chi connectivity index (χ2n) is 12.3. The molecule has 1 atom stereocenters. The Morgan fingerprint density at radius 3 is 1.27 bits per heavy atom. The highest BCUT2D eigenvalue weighted by Crippen LogP contribution is 2.78. The van der Waals surface area contributed by atoms with Gasteiger partial charge in [0.25, 0.3) is 0 Å². The van der Waals surface area contributed by atoms with Crippen molar-refractivity contribution in [3.63, 3.8) is 0 Å². The Hall–Kier alpha value is -6.37. The normalized spacial score (nSPS) is 16.6. The van der Waals surface area contributed by atoms with Crippen LogP contribution in [0.4, 0.5) is 5.69 Å². The first-order valence-corrected chi connectivity index (χ1v) is 22.3. The zero-order valence-corrected chi connectivity index (χ0v) is 32.3. The van der Waals surface area contributed by atoms with Crippen LogP contribution in [0.25, 0.3) is 21.8 Å². The molecule has 0 bridgehead atoms. The maximum absolute atomic E-state index is 7.08. The maximum atomic E-state index is 7.08. The summed E-state index contributed by atoms with van der Waals surface area (Å²) in [6.45, 7) is 0. The number of rotatable bonds is 12. The first kappa shape index (κ1) is 35.3. The number of hydrogen-bond donors (Lipinski definition) is 1. The lowest BCUT2D eigenvalue weighted by molar-refractivity contribution is 0.458. The van der Waals surface area contributed by atoms with Crippen LogP contribution in [0, 0.1) is 0 Å². The minimum atomic E-state index is -3.94. The van der Waals surface area contributed by atoms with Crippen molar-refractivity contribution in [2.24, 2.45) is 13.5 Å². The topological polar surface area (TPSA) is 121 Å². The lowest BCUT2D eigenvalue weighted by Gasteiger charge is -2.34. The van der Waals surface area contributed by atoms with Crippen LogP contribution in [0.15, 0.2) is 208 Å². The van der Waals surface area contributed by atoms with E-state index in [0.717, 1.165) is 16.3 Å². The van der Waals surface area contributed by atoms with E-state index in [9.17, 15) is 0 Å². The standard InChI is InChI=1S/C42H33N6O5P3/c1-6-19-34(20-7-1)49-54(45-40-32-33-18-16-30-43-41(33)42-39(40)29-17-31-44-42)46-55(50-35-21-8-2-9-22-35,51-36-23-10-3-11-24-36)48-56(47-54,52-37-25-12-4-13-26-37)53-38-27-14-5-15-28-38/h1-32,45H. The third-order valence-electron chi connectivity index (χ3n) is 8.27. The highest BCUT2D eigenvalue weighted by molar-refractivity contribution is 7.81. The molecule has 1 unspecified atom stereocenters. The van der Waals surface area contributed by atoms with E-state index >= 15 is 0 Å². The minimum absolute atomic E-state index is 0.466. The fraction of sp³-hybridized carbons (Fsp3) is 0. The molecule has 3 heterocycles. The molecule has 0 fully saturated rings. The fourth-order valence-corrected chi connectivity index (χ4v) is 15.3. The van der Waals surface area contributed by atoms with Gasteiger partial charge in [0, 0.05) is 23.2 Å². The Morgan fingerprint density at radius 1 is 0.375 bits per heavy atom.